The van der Waals surface area contributed by atoms with Crippen molar-refractivity contribution in [2.45, 2.75) is 6.92 Å². The van der Waals surface area contributed by atoms with Crippen LogP contribution < -0.4 is 0 Å². The van der Waals surface area contributed by atoms with E-state index in [1.165, 1.54) is 93.1 Å². The van der Waals surface area contributed by atoms with E-state index in [0.29, 0.717) is 0 Å². The van der Waals surface area contributed by atoms with E-state index in [1.54, 1.807) is 0 Å². The van der Waals surface area contributed by atoms with Gasteiger partial charge in [-0.05, 0) is 103 Å². The molecule has 0 atom stereocenters. The Morgan fingerprint density at radius 2 is 0.896 bits per heavy atom. The van der Waals surface area contributed by atoms with Crippen molar-refractivity contribution >= 4 is 54.1 Å². The molecule has 1 heterocycles. The lowest BCUT2D eigenvalue weighted by Crippen LogP contribution is -1.94. The quantitative estimate of drug-likeness (QED) is 0.175. The van der Waals surface area contributed by atoms with Crippen molar-refractivity contribution in [3.8, 4) is 39.1 Å². The normalized spacial score (nSPS) is 11.9. The molecule has 0 aliphatic heterocycles. The fourth-order valence-corrected chi connectivity index (χ4v) is 7.89. The minimum atomic E-state index is 1.16. The molecule has 0 radical (unpaired) electrons. The summed E-state index contributed by atoms with van der Waals surface area (Å²) in [4.78, 5) is 0. The highest BCUT2D eigenvalue weighted by atomic mass is 15.0. The molecular formula is C47H31N. The SMILES string of the molecule is Cc1ccc(-c2ccc3ccc4c(-c5ccc(-n6c7ccccc7c7cc(-c8ccccc8)ccc76)cc5)ccc5ccc2c3c54)cc1. The lowest BCUT2D eigenvalue weighted by atomic mass is 9.87. The van der Waals surface area contributed by atoms with Crippen LogP contribution in [0.2, 0.25) is 0 Å². The van der Waals surface area contributed by atoms with Crippen molar-refractivity contribution in [3.63, 3.8) is 0 Å². The van der Waals surface area contributed by atoms with Gasteiger partial charge in [0, 0.05) is 16.5 Å². The van der Waals surface area contributed by atoms with E-state index in [0.717, 1.165) is 5.69 Å². The smallest absolute Gasteiger partial charge is 0.0541 e. The maximum Gasteiger partial charge on any atom is 0.0541 e. The molecule has 10 aromatic rings. The number of rotatable bonds is 4. The molecule has 0 unspecified atom stereocenters. The first-order valence-corrected chi connectivity index (χ1v) is 16.7. The van der Waals surface area contributed by atoms with Crippen LogP contribution in [0.25, 0.3) is 93.2 Å². The van der Waals surface area contributed by atoms with Gasteiger partial charge in [-0.1, -0.05) is 145 Å². The lowest BCUT2D eigenvalue weighted by Gasteiger charge is -2.17. The number of hydrogen-bond acceptors (Lipinski definition) is 0. The van der Waals surface area contributed by atoms with Gasteiger partial charge in [-0.2, -0.15) is 0 Å². The number of benzene rings is 9. The summed E-state index contributed by atoms with van der Waals surface area (Å²) >= 11 is 0. The van der Waals surface area contributed by atoms with Crippen molar-refractivity contribution in [3.05, 3.63) is 175 Å². The van der Waals surface area contributed by atoms with Crippen LogP contribution in [-0.4, -0.2) is 4.57 Å². The fourth-order valence-electron chi connectivity index (χ4n) is 7.89. The Hall–Kier alpha value is -6.18. The Morgan fingerprint density at radius 1 is 0.354 bits per heavy atom. The Balaban J connectivity index is 1.12. The predicted octanol–water partition coefficient (Wildman–Crippen LogP) is 13.0. The van der Waals surface area contributed by atoms with E-state index in [9.17, 15) is 0 Å². The molecule has 0 spiro atoms. The molecule has 0 aliphatic carbocycles. The lowest BCUT2D eigenvalue weighted by molar-refractivity contribution is 1.18. The highest BCUT2D eigenvalue weighted by molar-refractivity contribution is 6.27. The zero-order valence-electron chi connectivity index (χ0n) is 26.6. The minimum absolute atomic E-state index is 1.16. The van der Waals surface area contributed by atoms with Gasteiger partial charge >= 0.3 is 0 Å². The molecular weight excluding hydrogens is 579 g/mol. The zero-order valence-corrected chi connectivity index (χ0v) is 26.6. The summed E-state index contributed by atoms with van der Waals surface area (Å²) in [5, 5.41) is 10.4. The van der Waals surface area contributed by atoms with Gasteiger partial charge in [-0.3, -0.25) is 0 Å². The standard InChI is InChI=1S/C47H31N/c1-30-11-13-32(14-12-30)38-24-17-34-20-27-42-39(25-18-35-19-26-41(38)46(34)47(35)42)33-15-22-37(23-16-33)48-44-10-6-5-9-40(44)43-29-36(21-28-45(43)48)31-7-3-2-4-8-31/h2-29H,1H3. The molecule has 0 saturated heterocycles. The van der Waals surface area contributed by atoms with Crippen molar-refractivity contribution in [2.75, 3.05) is 0 Å². The van der Waals surface area contributed by atoms with Crippen molar-refractivity contribution in [2.24, 2.45) is 0 Å². The summed E-state index contributed by atoms with van der Waals surface area (Å²) in [6.07, 6.45) is 0. The second kappa shape index (κ2) is 10.4. The van der Waals surface area contributed by atoms with Crippen LogP contribution in [0.5, 0.6) is 0 Å². The van der Waals surface area contributed by atoms with Crippen LogP contribution in [0.15, 0.2) is 170 Å². The summed E-state index contributed by atoms with van der Waals surface area (Å²) < 4.78 is 2.40. The Kier molecular flexibility index (Phi) is 5.86. The van der Waals surface area contributed by atoms with Gasteiger partial charge in [0.1, 0.15) is 0 Å². The monoisotopic (exact) mass is 609 g/mol. The van der Waals surface area contributed by atoms with Crippen LogP contribution in [0.3, 0.4) is 0 Å². The maximum atomic E-state index is 2.40. The first-order valence-electron chi connectivity index (χ1n) is 16.7. The van der Waals surface area contributed by atoms with Crippen molar-refractivity contribution in [1.29, 1.82) is 0 Å². The van der Waals surface area contributed by atoms with Crippen molar-refractivity contribution in [1.82, 2.24) is 4.57 Å². The first kappa shape index (κ1) is 27.0. The highest BCUT2D eigenvalue weighted by Gasteiger charge is 2.16. The van der Waals surface area contributed by atoms with Gasteiger partial charge in [0.2, 0.25) is 0 Å². The molecule has 0 bridgehead atoms. The molecule has 0 fully saturated rings. The second-order valence-electron chi connectivity index (χ2n) is 13.0. The van der Waals surface area contributed by atoms with Crippen LogP contribution in [0.1, 0.15) is 5.56 Å². The summed E-state index contributed by atoms with van der Waals surface area (Å²) in [5.41, 5.74) is 12.4. The molecule has 0 saturated carbocycles. The predicted molar refractivity (Wildman–Crippen MR) is 206 cm³/mol. The topological polar surface area (TPSA) is 4.93 Å². The molecule has 9 aromatic carbocycles. The average molecular weight is 610 g/mol. The van der Waals surface area contributed by atoms with Gasteiger partial charge in [0.25, 0.3) is 0 Å². The van der Waals surface area contributed by atoms with E-state index in [-0.39, 0.29) is 0 Å². The molecule has 10 rings (SSSR count). The third-order valence-electron chi connectivity index (χ3n) is 10.2. The van der Waals surface area contributed by atoms with E-state index in [2.05, 4.69) is 181 Å². The zero-order chi connectivity index (χ0) is 31.8. The molecule has 0 aliphatic rings. The van der Waals surface area contributed by atoms with Gasteiger partial charge in [-0.25, -0.2) is 0 Å². The largest absolute Gasteiger partial charge is 0.309 e. The molecule has 1 aromatic heterocycles. The number of nitrogens with zero attached hydrogens (tertiary/aromatic N) is 1. The fraction of sp³-hybridized carbons (Fsp3) is 0.0213. The first-order chi connectivity index (χ1) is 23.7. The van der Waals surface area contributed by atoms with Gasteiger partial charge < -0.3 is 4.57 Å². The van der Waals surface area contributed by atoms with E-state index < -0.39 is 0 Å². The van der Waals surface area contributed by atoms with Gasteiger partial charge in [0.05, 0.1) is 11.0 Å². The number of fused-ring (bicyclic) bond motifs is 3. The molecule has 224 valence electrons. The molecule has 1 heteroatoms. The van der Waals surface area contributed by atoms with Crippen LogP contribution >= 0.6 is 0 Å². The van der Waals surface area contributed by atoms with Gasteiger partial charge in [0.15, 0.2) is 0 Å². The van der Waals surface area contributed by atoms with E-state index in [1.807, 2.05) is 0 Å². The molecule has 0 N–H and O–H groups in total. The maximum absolute atomic E-state index is 2.40. The van der Waals surface area contributed by atoms with E-state index >= 15 is 0 Å². The average Bonchev–Trinajstić information content (AvgIpc) is 3.48. The van der Waals surface area contributed by atoms with Crippen LogP contribution in [0, 0.1) is 6.92 Å². The summed E-state index contributed by atoms with van der Waals surface area (Å²) in [6.45, 7) is 2.15. The Labute approximate surface area is 279 Å². The minimum Gasteiger partial charge on any atom is -0.309 e. The van der Waals surface area contributed by atoms with E-state index in [4.69, 9.17) is 0 Å². The number of aromatic nitrogens is 1. The number of para-hydroxylation sites is 1. The molecule has 1 nitrogen and oxygen atoms in total. The number of hydrogen-bond donors (Lipinski definition) is 0. The summed E-state index contributed by atoms with van der Waals surface area (Å²) in [6, 6.07) is 62.7. The third-order valence-corrected chi connectivity index (χ3v) is 10.2. The second-order valence-corrected chi connectivity index (χ2v) is 13.0. The summed E-state index contributed by atoms with van der Waals surface area (Å²) in [5.74, 6) is 0. The highest BCUT2D eigenvalue weighted by Crippen LogP contribution is 2.43. The number of aryl methyl sites for hydroxylation is 1. The Morgan fingerprint density at radius 3 is 1.56 bits per heavy atom. The van der Waals surface area contributed by atoms with Crippen LogP contribution in [0.4, 0.5) is 0 Å². The van der Waals surface area contributed by atoms with Gasteiger partial charge in [-0.15, -0.1) is 0 Å². The molecule has 0 amide bonds. The molecule has 48 heavy (non-hydrogen) atoms. The Bertz CT molecular complexity index is 2800. The third kappa shape index (κ3) is 4.04. The van der Waals surface area contributed by atoms with Crippen LogP contribution in [-0.2, 0) is 0 Å². The summed E-state index contributed by atoms with van der Waals surface area (Å²) in [7, 11) is 0. The van der Waals surface area contributed by atoms with Crippen molar-refractivity contribution < 1.29 is 0 Å².